The first kappa shape index (κ1) is 16.7. The number of carbonyl (C=O) groups excluding carboxylic acids is 4. The number of para-hydroxylation sites is 1. The highest BCUT2D eigenvalue weighted by Gasteiger charge is 2.43. The van der Waals surface area contributed by atoms with Crippen molar-refractivity contribution in [2.75, 3.05) is 13.6 Å². The van der Waals surface area contributed by atoms with Crippen molar-refractivity contribution in [3.63, 3.8) is 0 Å². The lowest BCUT2D eigenvalue weighted by Gasteiger charge is -2.12. The lowest BCUT2D eigenvalue weighted by atomic mass is 10.0. The number of likely N-dealkylation sites (N-methyl/N-ethyl adjacent to an activating group) is 1. The minimum atomic E-state index is -0.989. The molecule has 1 N–H and O–H groups in total. The smallest absolute Gasteiger partial charge is 0.334 e. The van der Waals surface area contributed by atoms with Gasteiger partial charge in [-0.05, 0) is 11.6 Å². The first-order chi connectivity index (χ1) is 13.0. The zero-order valence-electron chi connectivity index (χ0n) is 14.4. The van der Waals surface area contributed by atoms with Crippen molar-refractivity contribution in [1.29, 1.82) is 0 Å². The van der Waals surface area contributed by atoms with Crippen molar-refractivity contribution in [3.05, 3.63) is 60.2 Å². The number of aromatic amines is 1. The highest BCUT2D eigenvalue weighted by atomic mass is 16.2. The molecule has 27 heavy (non-hydrogen) atoms. The lowest BCUT2D eigenvalue weighted by molar-refractivity contribution is -0.142. The van der Waals surface area contributed by atoms with Crippen LogP contribution in [-0.4, -0.2) is 52.0 Å². The molecule has 0 aliphatic carbocycles. The molecule has 0 spiro atoms. The van der Waals surface area contributed by atoms with Crippen molar-refractivity contribution < 1.29 is 19.2 Å². The number of nitrogens with zero attached hydrogens (tertiary/aromatic N) is 2. The Morgan fingerprint density at radius 3 is 2.26 bits per heavy atom. The quantitative estimate of drug-likeness (QED) is 0.439. The number of amides is 4. The molecule has 1 aromatic heterocycles. The number of imide groups is 2. The van der Waals surface area contributed by atoms with E-state index in [9.17, 15) is 19.2 Å². The molecule has 1 aliphatic rings. The fourth-order valence-electron chi connectivity index (χ4n) is 3.23. The molecule has 1 saturated heterocycles. The van der Waals surface area contributed by atoms with E-state index in [1.54, 1.807) is 6.07 Å². The third-order valence-corrected chi connectivity index (χ3v) is 4.60. The van der Waals surface area contributed by atoms with E-state index in [0.717, 1.165) is 11.1 Å². The van der Waals surface area contributed by atoms with Crippen molar-refractivity contribution in [2.45, 2.75) is 0 Å². The number of hydrogen-bond acceptors (Lipinski definition) is 4. The maximum absolute atomic E-state index is 13.1. The number of benzene rings is 2. The van der Waals surface area contributed by atoms with Crippen LogP contribution >= 0.6 is 0 Å². The summed E-state index contributed by atoms with van der Waals surface area (Å²) in [6, 6.07) is 15.8. The Morgan fingerprint density at radius 2 is 1.59 bits per heavy atom. The van der Waals surface area contributed by atoms with Crippen LogP contribution in [0, 0.1) is 0 Å². The summed E-state index contributed by atoms with van der Waals surface area (Å²) in [6.45, 7) is -0.491. The fourth-order valence-corrected chi connectivity index (χ4v) is 3.23. The molecule has 4 rings (SSSR count). The Hall–Kier alpha value is -3.74. The molecule has 4 amide bonds. The van der Waals surface area contributed by atoms with Gasteiger partial charge in [0.15, 0.2) is 5.78 Å². The Morgan fingerprint density at radius 1 is 0.926 bits per heavy atom. The van der Waals surface area contributed by atoms with Gasteiger partial charge in [0, 0.05) is 18.0 Å². The first-order valence-corrected chi connectivity index (χ1v) is 8.32. The topological polar surface area (TPSA) is 90.6 Å². The molecule has 0 atom stereocenters. The third-order valence-electron chi connectivity index (χ3n) is 4.60. The number of carbonyl (C=O) groups is 4. The third kappa shape index (κ3) is 2.60. The lowest BCUT2D eigenvalue weighted by Crippen LogP contribution is -2.36. The molecule has 2 heterocycles. The number of rotatable bonds is 4. The van der Waals surface area contributed by atoms with Crippen LogP contribution in [0.1, 0.15) is 10.4 Å². The van der Waals surface area contributed by atoms with E-state index in [4.69, 9.17) is 0 Å². The van der Waals surface area contributed by atoms with Gasteiger partial charge in [0.2, 0.25) is 0 Å². The molecule has 0 unspecified atom stereocenters. The minimum absolute atomic E-state index is 0.388. The van der Waals surface area contributed by atoms with Crippen molar-refractivity contribution >= 4 is 34.5 Å². The summed E-state index contributed by atoms with van der Waals surface area (Å²) in [5.41, 5.74) is 2.58. The van der Waals surface area contributed by atoms with E-state index in [0.29, 0.717) is 26.4 Å². The van der Waals surface area contributed by atoms with Crippen LogP contribution in [0.4, 0.5) is 4.79 Å². The maximum atomic E-state index is 13.1. The number of ketones is 1. The number of aromatic nitrogens is 1. The molecule has 0 saturated carbocycles. The number of nitrogens with one attached hydrogen (secondary N) is 1. The first-order valence-electron chi connectivity index (χ1n) is 8.32. The van der Waals surface area contributed by atoms with E-state index in [2.05, 4.69) is 4.98 Å². The standard InChI is InChI=1S/C20H15N3O4/c1-22-18(25)19(26)23(20(22)27)11-15(24)16-13-9-5-6-10-14(13)21-17(16)12-7-3-2-4-8-12/h2-10,21H,11H2,1H3. The average molecular weight is 361 g/mol. The molecule has 0 radical (unpaired) electrons. The zero-order valence-corrected chi connectivity index (χ0v) is 14.4. The van der Waals surface area contributed by atoms with E-state index < -0.39 is 30.2 Å². The van der Waals surface area contributed by atoms with E-state index in [-0.39, 0.29) is 0 Å². The SMILES string of the molecule is CN1C(=O)C(=O)N(CC(=O)c2c(-c3ccccc3)[nH]c3ccccc23)C1=O. The Balaban J connectivity index is 1.79. The number of H-pyrrole nitrogens is 1. The van der Waals surface area contributed by atoms with Crippen LogP contribution in [0.3, 0.4) is 0 Å². The van der Waals surface area contributed by atoms with Crippen molar-refractivity contribution in [2.24, 2.45) is 0 Å². The van der Waals surface area contributed by atoms with E-state index in [1.807, 2.05) is 48.5 Å². The maximum Gasteiger partial charge on any atom is 0.334 e. The molecule has 7 nitrogen and oxygen atoms in total. The normalized spacial score (nSPS) is 14.5. The van der Waals surface area contributed by atoms with Gasteiger partial charge < -0.3 is 4.98 Å². The largest absolute Gasteiger partial charge is 0.354 e. The van der Waals surface area contributed by atoms with E-state index in [1.165, 1.54) is 7.05 Å². The van der Waals surface area contributed by atoms with Gasteiger partial charge in [-0.15, -0.1) is 0 Å². The molecular weight excluding hydrogens is 346 g/mol. The molecule has 1 fully saturated rings. The summed E-state index contributed by atoms with van der Waals surface area (Å²) in [5, 5.41) is 0.695. The second-order valence-electron chi connectivity index (χ2n) is 6.25. The fraction of sp³-hybridized carbons (Fsp3) is 0.100. The highest BCUT2D eigenvalue weighted by Crippen LogP contribution is 2.31. The van der Waals surface area contributed by atoms with Crippen LogP contribution in [0.2, 0.25) is 0 Å². The molecule has 2 aromatic carbocycles. The van der Waals surface area contributed by atoms with Crippen molar-refractivity contribution in [1.82, 2.24) is 14.8 Å². The predicted octanol–water partition coefficient (Wildman–Crippen LogP) is 2.44. The Labute approximate surface area is 154 Å². The number of urea groups is 1. The molecule has 1 aliphatic heterocycles. The summed E-state index contributed by atoms with van der Waals surface area (Å²) < 4.78 is 0. The van der Waals surface area contributed by atoms with Gasteiger partial charge in [0.05, 0.1) is 17.8 Å². The van der Waals surface area contributed by atoms with Gasteiger partial charge in [-0.2, -0.15) is 0 Å². The van der Waals surface area contributed by atoms with Crippen LogP contribution in [0.5, 0.6) is 0 Å². The summed E-state index contributed by atoms with van der Waals surface area (Å²) in [7, 11) is 1.22. The Bertz CT molecular complexity index is 1100. The van der Waals surface area contributed by atoms with Gasteiger partial charge in [0.25, 0.3) is 0 Å². The summed E-state index contributed by atoms with van der Waals surface area (Å²) in [4.78, 5) is 53.5. The molecule has 3 aromatic rings. The zero-order chi connectivity index (χ0) is 19.1. The van der Waals surface area contributed by atoms with Crippen LogP contribution in [0.15, 0.2) is 54.6 Å². The number of Topliss-reactive ketones (excluding diaryl/α,β-unsaturated/α-hetero) is 1. The molecule has 7 heteroatoms. The van der Waals surface area contributed by atoms with Gasteiger partial charge in [0.1, 0.15) is 0 Å². The second kappa shape index (κ2) is 6.21. The number of fused-ring (bicyclic) bond motifs is 1. The van der Waals surface area contributed by atoms with Gasteiger partial charge in [-0.3, -0.25) is 19.3 Å². The summed E-state index contributed by atoms with van der Waals surface area (Å²) >= 11 is 0. The van der Waals surface area contributed by atoms with E-state index >= 15 is 0 Å². The summed E-state index contributed by atoms with van der Waals surface area (Å²) in [6.07, 6.45) is 0. The van der Waals surface area contributed by atoms with Gasteiger partial charge in [-0.25, -0.2) is 9.69 Å². The van der Waals surface area contributed by atoms with Gasteiger partial charge >= 0.3 is 17.8 Å². The van der Waals surface area contributed by atoms with Crippen LogP contribution in [0.25, 0.3) is 22.2 Å². The minimum Gasteiger partial charge on any atom is -0.354 e. The highest BCUT2D eigenvalue weighted by molar-refractivity contribution is 6.45. The average Bonchev–Trinajstić information content (AvgIpc) is 3.17. The van der Waals surface area contributed by atoms with Crippen LogP contribution in [-0.2, 0) is 9.59 Å². The monoisotopic (exact) mass is 361 g/mol. The molecule has 0 bridgehead atoms. The Kier molecular flexibility index (Phi) is 3.84. The van der Waals surface area contributed by atoms with Crippen molar-refractivity contribution in [3.8, 4) is 11.3 Å². The summed E-state index contributed by atoms with van der Waals surface area (Å²) in [5.74, 6) is -2.34. The van der Waals surface area contributed by atoms with Crippen LogP contribution < -0.4 is 0 Å². The predicted molar refractivity (Wildman–Crippen MR) is 97.9 cm³/mol. The second-order valence-corrected chi connectivity index (χ2v) is 6.25. The molecule has 134 valence electrons. The molecular formula is C20H15N3O4. The van der Waals surface area contributed by atoms with Gasteiger partial charge in [-0.1, -0.05) is 48.5 Å². The number of hydrogen-bond donors (Lipinski definition) is 1.